The van der Waals surface area contributed by atoms with Crippen LogP contribution in [0.2, 0.25) is 0 Å². The third-order valence-electron chi connectivity index (χ3n) is 2.38. The third-order valence-corrected chi connectivity index (χ3v) is 4.24. The molecule has 0 fully saturated rings. The van der Waals surface area contributed by atoms with Crippen LogP contribution in [-0.4, -0.2) is 22.3 Å². The van der Waals surface area contributed by atoms with Crippen LogP contribution in [0.15, 0.2) is 29.6 Å². The number of aryl methyl sites for hydroxylation is 2. The second-order valence-corrected chi connectivity index (χ2v) is 6.45. The number of nitrogens with one attached hydrogen (secondary N) is 1. The van der Waals surface area contributed by atoms with Crippen LogP contribution in [0.5, 0.6) is 0 Å². The number of nitrogens with zero attached hydrogens (tertiary/aromatic N) is 2. The van der Waals surface area contributed by atoms with Gasteiger partial charge < -0.3 is 5.32 Å². The van der Waals surface area contributed by atoms with Crippen LogP contribution in [0, 0.1) is 13.8 Å². The zero-order valence-electron chi connectivity index (χ0n) is 10.6. The van der Waals surface area contributed by atoms with Gasteiger partial charge in [0.1, 0.15) is 0 Å². The normalized spacial score (nSPS) is 10.8. The summed E-state index contributed by atoms with van der Waals surface area (Å²) in [4.78, 5) is 11.3. The van der Waals surface area contributed by atoms with Gasteiger partial charge in [-0.3, -0.25) is 0 Å². The maximum atomic E-state index is 4.36. The second-order valence-electron chi connectivity index (χ2n) is 4.02. The van der Waals surface area contributed by atoms with Crippen LogP contribution < -0.4 is 5.32 Å². The van der Waals surface area contributed by atoms with Crippen molar-refractivity contribution >= 4 is 23.1 Å². The third kappa shape index (κ3) is 4.40. The Morgan fingerprint density at radius 3 is 2.89 bits per heavy atom. The number of hydrogen-bond acceptors (Lipinski definition) is 5. The Morgan fingerprint density at radius 2 is 2.17 bits per heavy atom. The Hall–Kier alpha value is -0.910. The van der Waals surface area contributed by atoms with E-state index in [0.717, 1.165) is 29.7 Å². The minimum Gasteiger partial charge on any atom is -0.311 e. The number of hydrogen-bond donors (Lipinski definition) is 1. The maximum Gasteiger partial charge on any atom is 0.187 e. The zero-order chi connectivity index (χ0) is 12.8. The smallest absolute Gasteiger partial charge is 0.187 e. The van der Waals surface area contributed by atoms with Crippen molar-refractivity contribution < 1.29 is 0 Å². The lowest BCUT2D eigenvalue weighted by atomic mass is 10.4. The van der Waals surface area contributed by atoms with Crippen molar-refractivity contribution in [3.05, 3.63) is 39.8 Å². The molecule has 0 radical (unpaired) electrons. The average Bonchev–Trinajstić information content (AvgIpc) is 2.75. The van der Waals surface area contributed by atoms with Gasteiger partial charge in [-0.1, -0.05) is 11.8 Å². The molecule has 2 aromatic rings. The predicted octanol–water partition coefficient (Wildman–Crippen LogP) is 3.04. The van der Waals surface area contributed by atoms with Crippen LogP contribution in [0.3, 0.4) is 0 Å². The first-order valence-electron chi connectivity index (χ1n) is 5.92. The van der Waals surface area contributed by atoms with Gasteiger partial charge in [0.2, 0.25) is 0 Å². The Kier molecular flexibility index (Phi) is 5.16. The van der Waals surface area contributed by atoms with Gasteiger partial charge in [-0.05, 0) is 32.0 Å². The van der Waals surface area contributed by atoms with Gasteiger partial charge in [-0.25, -0.2) is 9.97 Å². The largest absolute Gasteiger partial charge is 0.311 e. The summed E-state index contributed by atoms with van der Waals surface area (Å²) in [6.45, 7) is 6.05. The summed E-state index contributed by atoms with van der Waals surface area (Å²) in [5.74, 6) is 0.994. The first-order chi connectivity index (χ1) is 8.74. The molecule has 0 saturated heterocycles. The fraction of sp³-hybridized carbons (Fsp3) is 0.385. The SMILES string of the molecule is Cc1ccnc(SCCNCc2ccc(C)s2)n1. The molecule has 96 valence electrons. The Balaban J connectivity index is 1.64. The quantitative estimate of drug-likeness (QED) is 0.501. The van der Waals surface area contributed by atoms with Gasteiger partial charge in [-0.15, -0.1) is 11.3 Å². The number of aromatic nitrogens is 2. The van der Waals surface area contributed by atoms with E-state index in [0.29, 0.717) is 0 Å². The predicted molar refractivity (Wildman–Crippen MR) is 78.3 cm³/mol. The molecule has 0 aliphatic carbocycles. The number of rotatable bonds is 6. The van der Waals surface area contributed by atoms with E-state index in [9.17, 15) is 0 Å². The summed E-state index contributed by atoms with van der Waals surface area (Å²) in [5.41, 5.74) is 1.02. The number of thiophene rings is 1. The van der Waals surface area contributed by atoms with E-state index in [2.05, 4.69) is 34.3 Å². The molecule has 2 heterocycles. The van der Waals surface area contributed by atoms with Gasteiger partial charge in [0.05, 0.1) is 0 Å². The highest BCUT2D eigenvalue weighted by molar-refractivity contribution is 7.99. The first kappa shape index (κ1) is 13.5. The van der Waals surface area contributed by atoms with Gasteiger partial charge in [-0.2, -0.15) is 0 Å². The molecule has 0 aromatic carbocycles. The lowest BCUT2D eigenvalue weighted by Gasteiger charge is -2.02. The molecule has 0 aliphatic heterocycles. The summed E-state index contributed by atoms with van der Waals surface area (Å²) >= 11 is 3.54. The van der Waals surface area contributed by atoms with Crippen molar-refractivity contribution in [1.82, 2.24) is 15.3 Å². The van der Waals surface area contributed by atoms with Gasteiger partial charge >= 0.3 is 0 Å². The van der Waals surface area contributed by atoms with Crippen molar-refractivity contribution in [2.75, 3.05) is 12.3 Å². The molecule has 18 heavy (non-hydrogen) atoms. The van der Waals surface area contributed by atoms with E-state index < -0.39 is 0 Å². The van der Waals surface area contributed by atoms with Crippen molar-refractivity contribution in [2.24, 2.45) is 0 Å². The van der Waals surface area contributed by atoms with Gasteiger partial charge in [0.15, 0.2) is 5.16 Å². The van der Waals surface area contributed by atoms with Gasteiger partial charge in [0.25, 0.3) is 0 Å². The molecular weight excluding hydrogens is 262 g/mol. The molecule has 0 spiro atoms. The Bertz CT molecular complexity index is 496. The topological polar surface area (TPSA) is 37.8 Å². The fourth-order valence-corrected chi connectivity index (χ4v) is 3.13. The van der Waals surface area contributed by atoms with E-state index in [1.54, 1.807) is 11.8 Å². The average molecular weight is 279 g/mol. The van der Waals surface area contributed by atoms with E-state index in [1.807, 2.05) is 30.5 Å². The molecule has 0 atom stereocenters. The molecule has 0 unspecified atom stereocenters. The van der Waals surface area contributed by atoms with Crippen LogP contribution in [0.25, 0.3) is 0 Å². The van der Waals surface area contributed by atoms with Crippen molar-refractivity contribution in [3.63, 3.8) is 0 Å². The van der Waals surface area contributed by atoms with E-state index in [-0.39, 0.29) is 0 Å². The minimum absolute atomic E-state index is 0.865. The maximum absolute atomic E-state index is 4.36. The molecule has 0 amide bonds. The highest BCUT2D eigenvalue weighted by Gasteiger charge is 1.98. The summed E-state index contributed by atoms with van der Waals surface area (Å²) in [7, 11) is 0. The van der Waals surface area contributed by atoms with Crippen LogP contribution in [-0.2, 0) is 6.54 Å². The standard InChI is InChI=1S/C13H17N3S2/c1-10-5-6-15-13(16-10)17-8-7-14-9-12-4-3-11(2)18-12/h3-6,14H,7-9H2,1-2H3. The zero-order valence-corrected chi connectivity index (χ0v) is 12.3. The van der Waals surface area contributed by atoms with E-state index >= 15 is 0 Å². The molecule has 5 heteroatoms. The second kappa shape index (κ2) is 6.87. The molecular formula is C13H17N3S2. The van der Waals surface area contributed by atoms with Crippen LogP contribution >= 0.6 is 23.1 Å². The molecule has 3 nitrogen and oxygen atoms in total. The molecule has 1 N–H and O–H groups in total. The lowest BCUT2D eigenvalue weighted by Crippen LogP contribution is -2.15. The Morgan fingerprint density at radius 1 is 1.28 bits per heavy atom. The van der Waals surface area contributed by atoms with Crippen LogP contribution in [0.1, 0.15) is 15.4 Å². The lowest BCUT2D eigenvalue weighted by molar-refractivity contribution is 0.740. The summed E-state index contributed by atoms with van der Waals surface area (Å²) < 4.78 is 0. The van der Waals surface area contributed by atoms with Crippen molar-refractivity contribution in [2.45, 2.75) is 25.5 Å². The van der Waals surface area contributed by atoms with Crippen LogP contribution in [0.4, 0.5) is 0 Å². The summed E-state index contributed by atoms with van der Waals surface area (Å²) in [6.07, 6.45) is 1.81. The van der Waals surface area contributed by atoms with Crippen molar-refractivity contribution in [1.29, 1.82) is 0 Å². The molecule has 2 aromatic heterocycles. The minimum atomic E-state index is 0.865. The highest BCUT2D eigenvalue weighted by atomic mass is 32.2. The molecule has 0 aliphatic rings. The highest BCUT2D eigenvalue weighted by Crippen LogP contribution is 2.15. The molecule has 2 rings (SSSR count). The van der Waals surface area contributed by atoms with E-state index in [1.165, 1.54) is 9.75 Å². The van der Waals surface area contributed by atoms with E-state index in [4.69, 9.17) is 0 Å². The fourth-order valence-electron chi connectivity index (χ4n) is 1.50. The first-order valence-corrected chi connectivity index (χ1v) is 7.73. The summed E-state index contributed by atoms with van der Waals surface area (Å²) in [6, 6.07) is 6.27. The summed E-state index contributed by atoms with van der Waals surface area (Å²) in [5, 5.41) is 4.30. The number of thioether (sulfide) groups is 1. The molecule has 0 saturated carbocycles. The molecule has 0 bridgehead atoms. The van der Waals surface area contributed by atoms with Crippen molar-refractivity contribution in [3.8, 4) is 0 Å². The van der Waals surface area contributed by atoms with Gasteiger partial charge in [0, 0.05) is 40.5 Å². The Labute approximate surface area is 116 Å². The monoisotopic (exact) mass is 279 g/mol.